The minimum absolute atomic E-state index is 0.351. The molecule has 1 N–H and O–H groups in total. The van der Waals surface area contributed by atoms with Crippen LogP contribution in [-0.2, 0) is 4.74 Å². The Morgan fingerprint density at radius 1 is 1.43 bits per heavy atom. The number of benzene rings is 1. The zero-order valence-corrected chi connectivity index (χ0v) is 13.5. The van der Waals surface area contributed by atoms with Crippen molar-refractivity contribution in [2.45, 2.75) is 31.4 Å². The zero-order chi connectivity index (χ0) is 15.1. The van der Waals surface area contributed by atoms with Gasteiger partial charge in [-0.1, -0.05) is 12.1 Å². The van der Waals surface area contributed by atoms with E-state index in [1.165, 1.54) is 18.4 Å². The third kappa shape index (κ3) is 4.99. The van der Waals surface area contributed by atoms with Crippen LogP contribution in [0.1, 0.15) is 30.9 Å². The minimum atomic E-state index is 0.351. The van der Waals surface area contributed by atoms with Crippen molar-refractivity contribution in [1.29, 1.82) is 0 Å². The van der Waals surface area contributed by atoms with Crippen molar-refractivity contribution in [2.75, 3.05) is 40.9 Å². The molecule has 2 rings (SSSR count). The van der Waals surface area contributed by atoms with Crippen LogP contribution >= 0.6 is 0 Å². The molecule has 0 aliphatic carbocycles. The molecule has 2 atom stereocenters. The maximum atomic E-state index is 5.66. The number of nitrogens with one attached hydrogen (secondary N) is 1. The molecule has 1 aromatic rings. The van der Waals surface area contributed by atoms with Crippen molar-refractivity contribution in [2.24, 2.45) is 0 Å². The van der Waals surface area contributed by atoms with Crippen LogP contribution in [0.2, 0.25) is 0 Å². The highest BCUT2D eigenvalue weighted by Gasteiger charge is 2.17. The molecule has 4 heteroatoms. The lowest BCUT2D eigenvalue weighted by molar-refractivity contribution is 0.104. The Bertz CT molecular complexity index is 417. The van der Waals surface area contributed by atoms with E-state index in [2.05, 4.69) is 42.5 Å². The number of hydrogen-bond acceptors (Lipinski definition) is 4. The molecule has 1 saturated heterocycles. The lowest BCUT2D eigenvalue weighted by atomic mass is 10.1. The molecule has 1 heterocycles. The first kappa shape index (κ1) is 16.3. The van der Waals surface area contributed by atoms with E-state index in [1.54, 1.807) is 7.11 Å². The number of methoxy groups -OCH3 is 1. The first-order chi connectivity index (χ1) is 10.2. The van der Waals surface area contributed by atoms with Crippen molar-refractivity contribution < 1.29 is 9.47 Å². The molecule has 1 aliphatic rings. The van der Waals surface area contributed by atoms with Crippen LogP contribution in [0.3, 0.4) is 0 Å². The van der Waals surface area contributed by atoms with Crippen LogP contribution in [-0.4, -0.2) is 51.9 Å². The standard InChI is InChI=1S/C17H28N2O2/c1-19(2)17(14-6-4-7-16(12-14)20-3)13-18-10-9-15-8-5-11-21-15/h4,6-7,12,15,17-18H,5,8-11,13H2,1-3H3. The molecule has 0 saturated carbocycles. The predicted octanol–water partition coefficient (Wildman–Crippen LogP) is 2.46. The average Bonchev–Trinajstić information content (AvgIpc) is 3.00. The van der Waals surface area contributed by atoms with E-state index in [1.807, 2.05) is 6.07 Å². The third-order valence-corrected chi connectivity index (χ3v) is 4.11. The highest BCUT2D eigenvalue weighted by molar-refractivity contribution is 5.30. The highest BCUT2D eigenvalue weighted by Crippen LogP contribution is 2.22. The number of ether oxygens (including phenoxy) is 2. The van der Waals surface area contributed by atoms with Gasteiger partial charge in [0.15, 0.2) is 0 Å². The van der Waals surface area contributed by atoms with Crippen LogP contribution < -0.4 is 10.1 Å². The summed E-state index contributed by atoms with van der Waals surface area (Å²) in [5, 5.41) is 3.57. The van der Waals surface area contributed by atoms with Crippen molar-refractivity contribution in [3.05, 3.63) is 29.8 Å². The number of nitrogens with zero attached hydrogens (tertiary/aromatic N) is 1. The van der Waals surface area contributed by atoms with Crippen LogP contribution in [0.5, 0.6) is 5.75 Å². The molecular weight excluding hydrogens is 264 g/mol. The fraction of sp³-hybridized carbons (Fsp3) is 0.647. The van der Waals surface area contributed by atoms with Gasteiger partial charge in [0.05, 0.1) is 13.2 Å². The van der Waals surface area contributed by atoms with Crippen LogP contribution in [0.4, 0.5) is 0 Å². The Labute approximate surface area is 128 Å². The predicted molar refractivity (Wildman–Crippen MR) is 85.9 cm³/mol. The summed E-state index contributed by atoms with van der Waals surface area (Å²) in [6, 6.07) is 8.67. The minimum Gasteiger partial charge on any atom is -0.497 e. The van der Waals surface area contributed by atoms with Gasteiger partial charge >= 0.3 is 0 Å². The quantitative estimate of drug-likeness (QED) is 0.746. The first-order valence-corrected chi connectivity index (χ1v) is 7.83. The van der Waals surface area contributed by atoms with E-state index in [0.717, 1.165) is 31.9 Å². The average molecular weight is 292 g/mol. The highest BCUT2D eigenvalue weighted by atomic mass is 16.5. The molecule has 118 valence electrons. The van der Waals surface area contributed by atoms with Crippen molar-refractivity contribution in [3.8, 4) is 5.75 Å². The maximum absolute atomic E-state index is 5.66. The van der Waals surface area contributed by atoms with Gasteiger partial charge in [0.2, 0.25) is 0 Å². The Morgan fingerprint density at radius 3 is 2.95 bits per heavy atom. The second kappa shape index (κ2) is 8.37. The second-order valence-electron chi connectivity index (χ2n) is 5.88. The van der Waals surface area contributed by atoms with Gasteiger partial charge < -0.3 is 19.7 Å². The van der Waals surface area contributed by atoms with E-state index >= 15 is 0 Å². The van der Waals surface area contributed by atoms with Gasteiger partial charge in [-0.25, -0.2) is 0 Å². The molecule has 0 radical (unpaired) electrons. The zero-order valence-electron chi connectivity index (χ0n) is 13.5. The molecule has 2 unspecified atom stereocenters. The van der Waals surface area contributed by atoms with Crippen LogP contribution in [0, 0.1) is 0 Å². The topological polar surface area (TPSA) is 33.7 Å². The summed E-state index contributed by atoms with van der Waals surface area (Å²) in [7, 11) is 5.95. The Balaban J connectivity index is 1.83. The molecule has 1 aromatic carbocycles. The van der Waals surface area contributed by atoms with Gasteiger partial charge in [-0.05, 0) is 57.6 Å². The molecule has 0 amide bonds. The van der Waals surface area contributed by atoms with Gasteiger partial charge in [0.1, 0.15) is 5.75 Å². The molecule has 0 bridgehead atoms. The van der Waals surface area contributed by atoms with Crippen molar-refractivity contribution in [3.63, 3.8) is 0 Å². The smallest absolute Gasteiger partial charge is 0.119 e. The fourth-order valence-electron chi connectivity index (χ4n) is 2.82. The summed E-state index contributed by atoms with van der Waals surface area (Å²) < 4.78 is 11.0. The summed E-state index contributed by atoms with van der Waals surface area (Å²) >= 11 is 0. The van der Waals surface area contributed by atoms with E-state index in [-0.39, 0.29) is 0 Å². The van der Waals surface area contributed by atoms with Gasteiger partial charge in [-0.3, -0.25) is 0 Å². The summed E-state index contributed by atoms with van der Waals surface area (Å²) in [6.07, 6.45) is 4.01. The Hall–Kier alpha value is -1.10. The molecule has 21 heavy (non-hydrogen) atoms. The molecule has 1 aliphatic heterocycles. The van der Waals surface area contributed by atoms with Gasteiger partial charge in [0, 0.05) is 19.2 Å². The summed E-state index contributed by atoms with van der Waals surface area (Å²) in [5.74, 6) is 0.915. The summed E-state index contributed by atoms with van der Waals surface area (Å²) in [6.45, 7) is 2.89. The normalized spacial score (nSPS) is 19.9. The number of rotatable bonds is 8. The van der Waals surface area contributed by atoms with Crippen molar-refractivity contribution >= 4 is 0 Å². The van der Waals surface area contributed by atoms with Crippen molar-refractivity contribution in [1.82, 2.24) is 10.2 Å². The maximum Gasteiger partial charge on any atom is 0.119 e. The lowest BCUT2D eigenvalue weighted by Gasteiger charge is -2.25. The third-order valence-electron chi connectivity index (χ3n) is 4.11. The van der Waals surface area contributed by atoms with Gasteiger partial charge in [-0.2, -0.15) is 0 Å². The van der Waals surface area contributed by atoms with E-state index in [4.69, 9.17) is 9.47 Å². The number of hydrogen-bond donors (Lipinski definition) is 1. The van der Waals surface area contributed by atoms with Crippen LogP contribution in [0.15, 0.2) is 24.3 Å². The van der Waals surface area contributed by atoms with Gasteiger partial charge in [-0.15, -0.1) is 0 Å². The monoisotopic (exact) mass is 292 g/mol. The molecule has 0 aromatic heterocycles. The van der Waals surface area contributed by atoms with E-state index in [9.17, 15) is 0 Å². The molecular formula is C17H28N2O2. The van der Waals surface area contributed by atoms with Crippen LogP contribution in [0.25, 0.3) is 0 Å². The molecule has 1 fully saturated rings. The van der Waals surface area contributed by atoms with E-state index in [0.29, 0.717) is 12.1 Å². The Kier molecular flexibility index (Phi) is 6.49. The molecule has 0 spiro atoms. The molecule has 4 nitrogen and oxygen atoms in total. The summed E-state index contributed by atoms with van der Waals surface area (Å²) in [4.78, 5) is 2.24. The summed E-state index contributed by atoms with van der Waals surface area (Å²) in [5.41, 5.74) is 1.28. The Morgan fingerprint density at radius 2 is 2.29 bits per heavy atom. The lowest BCUT2D eigenvalue weighted by Crippen LogP contribution is -2.32. The van der Waals surface area contributed by atoms with E-state index < -0.39 is 0 Å². The fourth-order valence-corrected chi connectivity index (χ4v) is 2.82. The first-order valence-electron chi connectivity index (χ1n) is 7.83. The second-order valence-corrected chi connectivity index (χ2v) is 5.88. The SMILES string of the molecule is COc1cccc(C(CNCCC2CCCO2)N(C)C)c1. The van der Waals surface area contributed by atoms with Gasteiger partial charge in [0.25, 0.3) is 0 Å². The largest absolute Gasteiger partial charge is 0.497 e. The number of likely N-dealkylation sites (N-methyl/N-ethyl adjacent to an activating group) is 1.